The van der Waals surface area contributed by atoms with Crippen LogP contribution < -0.4 is 36.3 Å². The fourth-order valence-corrected chi connectivity index (χ4v) is 7.42. The maximum absolute atomic E-state index is 15.1. The Morgan fingerprint density at radius 1 is 0.913 bits per heavy atom. The summed E-state index contributed by atoms with van der Waals surface area (Å²) in [6, 6.07) is 10.3. The molecule has 0 fully saturated rings. The molecular formula is C33H29ClN4O8. The van der Waals surface area contributed by atoms with E-state index in [9.17, 15) is 19.2 Å². The highest BCUT2D eigenvalue weighted by Gasteiger charge is 2.64. The number of methoxy groups -OCH3 is 2. The number of rotatable bonds is 3. The monoisotopic (exact) mass is 644 g/mol. The number of aromatic nitrogens is 3. The molecule has 1 spiro atoms. The molecule has 0 amide bonds. The van der Waals surface area contributed by atoms with Gasteiger partial charge in [0, 0.05) is 50.0 Å². The normalized spacial score (nSPS) is 21.5. The molecule has 0 radical (unpaired) electrons. The van der Waals surface area contributed by atoms with Crippen molar-refractivity contribution in [2.45, 2.75) is 24.9 Å². The number of nitrogens with zero attached hydrogens (tertiary/aromatic N) is 3. The van der Waals surface area contributed by atoms with Gasteiger partial charge in [0.05, 0.1) is 31.2 Å². The first-order valence-corrected chi connectivity index (χ1v) is 14.9. The van der Waals surface area contributed by atoms with E-state index in [1.165, 1.54) is 43.5 Å². The zero-order valence-corrected chi connectivity index (χ0v) is 26.6. The molecule has 4 aromatic rings. The summed E-state index contributed by atoms with van der Waals surface area (Å²) < 4.78 is 20.9. The molecular weight excluding hydrogens is 616 g/mol. The SMILES string of the molecule is COc1cc(OC)c2c(c1Cl)OC1(C(=O)C3=C(CC1C)Nc1c(c(=O)n(C)c(=O)n1C)C3c1cc3ccccc3n(C)c1=O)C2=O. The number of para-hydroxylation sites is 1. The number of anilines is 1. The number of hydrogen-bond donors (Lipinski definition) is 1. The predicted molar refractivity (Wildman–Crippen MR) is 170 cm³/mol. The maximum Gasteiger partial charge on any atom is 0.332 e. The Balaban J connectivity index is 1.54. The van der Waals surface area contributed by atoms with E-state index in [4.69, 9.17) is 25.8 Å². The molecule has 2 aromatic heterocycles. The van der Waals surface area contributed by atoms with Gasteiger partial charge in [0.1, 0.15) is 27.9 Å². The van der Waals surface area contributed by atoms with Gasteiger partial charge in [-0.15, -0.1) is 0 Å². The van der Waals surface area contributed by atoms with Gasteiger partial charge in [-0.2, -0.15) is 0 Å². The number of ether oxygens (including phenoxy) is 3. The number of Topliss-reactive ketones (excluding diaryl/α,β-unsaturated/α-hetero) is 2. The van der Waals surface area contributed by atoms with E-state index in [2.05, 4.69) is 5.32 Å². The number of ketones is 2. The molecule has 0 saturated carbocycles. The van der Waals surface area contributed by atoms with Crippen molar-refractivity contribution in [1.82, 2.24) is 13.7 Å². The first kappa shape index (κ1) is 29.6. The number of benzene rings is 2. The van der Waals surface area contributed by atoms with Crippen molar-refractivity contribution in [2.75, 3.05) is 19.5 Å². The molecule has 0 bridgehead atoms. The smallest absolute Gasteiger partial charge is 0.332 e. The van der Waals surface area contributed by atoms with Gasteiger partial charge in [0.25, 0.3) is 11.1 Å². The fraction of sp³-hybridized carbons (Fsp3) is 0.303. The van der Waals surface area contributed by atoms with E-state index in [-0.39, 0.29) is 56.8 Å². The molecule has 3 atom stereocenters. The van der Waals surface area contributed by atoms with E-state index >= 15 is 4.79 Å². The molecule has 2 aliphatic heterocycles. The van der Waals surface area contributed by atoms with E-state index < -0.39 is 45.8 Å². The van der Waals surface area contributed by atoms with E-state index in [1.54, 1.807) is 32.2 Å². The first-order chi connectivity index (χ1) is 21.9. The van der Waals surface area contributed by atoms with Crippen LogP contribution in [0.4, 0.5) is 5.82 Å². The minimum Gasteiger partial charge on any atom is -0.496 e. The summed E-state index contributed by atoms with van der Waals surface area (Å²) in [6.45, 7) is 1.70. The molecule has 236 valence electrons. The van der Waals surface area contributed by atoms with Crippen molar-refractivity contribution < 1.29 is 23.8 Å². The Kier molecular flexibility index (Phi) is 6.40. The van der Waals surface area contributed by atoms with Crippen LogP contribution in [-0.4, -0.2) is 45.1 Å². The van der Waals surface area contributed by atoms with Crippen LogP contribution in [0.3, 0.4) is 0 Å². The van der Waals surface area contributed by atoms with Gasteiger partial charge in [0.15, 0.2) is 5.75 Å². The Bertz CT molecular complexity index is 2300. The average Bonchev–Trinajstić information content (AvgIpc) is 3.37. The number of fused-ring (bicyclic) bond motifs is 3. The second-order valence-corrected chi connectivity index (χ2v) is 12.2. The number of nitrogens with one attached hydrogen (secondary N) is 1. The molecule has 2 aromatic carbocycles. The Hall–Kier alpha value is -5.10. The summed E-state index contributed by atoms with van der Waals surface area (Å²) in [4.78, 5) is 70.7. The van der Waals surface area contributed by atoms with Crippen LogP contribution in [0, 0.1) is 5.92 Å². The number of allylic oxidation sites excluding steroid dienone is 1. The van der Waals surface area contributed by atoms with Crippen molar-refractivity contribution in [2.24, 2.45) is 27.1 Å². The van der Waals surface area contributed by atoms with Crippen LogP contribution in [0.15, 0.2) is 62.1 Å². The third-order valence-electron chi connectivity index (χ3n) is 9.55. The van der Waals surface area contributed by atoms with Crippen molar-refractivity contribution in [3.05, 3.63) is 101 Å². The average molecular weight is 645 g/mol. The summed E-state index contributed by atoms with van der Waals surface area (Å²) in [6.07, 6.45) is 0.102. The minimum atomic E-state index is -2.09. The van der Waals surface area contributed by atoms with Crippen LogP contribution in [-0.2, 0) is 25.9 Å². The van der Waals surface area contributed by atoms with Crippen molar-refractivity contribution >= 4 is 39.9 Å². The molecule has 4 heterocycles. The summed E-state index contributed by atoms with van der Waals surface area (Å²) in [5, 5.41) is 3.86. The Labute approximate surface area is 266 Å². The topological polar surface area (TPSA) is 140 Å². The molecule has 3 aliphatic rings. The van der Waals surface area contributed by atoms with Gasteiger partial charge >= 0.3 is 5.69 Å². The number of carbonyl (C=O) groups is 2. The molecule has 12 nitrogen and oxygen atoms in total. The second-order valence-electron chi connectivity index (χ2n) is 11.8. The highest BCUT2D eigenvalue weighted by molar-refractivity contribution is 6.36. The van der Waals surface area contributed by atoms with Gasteiger partial charge in [-0.05, 0) is 23.9 Å². The molecule has 1 N–H and O–H groups in total. The van der Waals surface area contributed by atoms with Gasteiger partial charge in [0.2, 0.25) is 17.2 Å². The van der Waals surface area contributed by atoms with Crippen molar-refractivity contribution in [3.63, 3.8) is 0 Å². The lowest BCUT2D eigenvalue weighted by atomic mass is 9.66. The lowest BCUT2D eigenvalue weighted by Crippen LogP contribution is -2.58. The van der Waals surface area contributed by atoms with Gasteiger partial charge in [-0.3, -0.25) is 28.3 Å². The summed E-state index contributed by atoms with van der Waals surface area (Å²) >= 11 is 6.63. The molecule has 46 heavy (non-hydrogen) atoms. The van der Waals surface area contributed by atoms with Crippen LogP contribution in [0.5, 0.6) is 17.2 Å². The quantitative estimate of drug-likeness (QED) is 0.333. The fourth-order valence-electron chi connectivity index (χ4n) is 7.15. The minimum absolute atomic E-state index is 0.000709. The highest BCUT2D eigenvalue weighted by Crippen LogP contribution is 2.56. The van der Waals surface area contributed by atoms with Crippen LogP contribution in [0.1, 0.15) is 40.7 Å². The van der Waals surface area contributed by atoms with Crippen LogP contribution >= 0.6 is 11.6 Å². The number of halogens is 1. The number of hydrogen-bond acceptors (Lipinski definition) is 9. The Morgan fingerprint density at radius 3 is 2.30 bits per heavy atom. The molecule has 3 unspecified atom stereocenters. The number of pyridine rings is 1. The summed E-state index contributed by atoms with van der Waals surface area (Å²) in [7, 11) is 7.23. The van der Waals surface area contributed by atoms with Crippen molar-refractivity contribution in [3.8, 4) is 17.2 Å². The lowest BCUT2D eigenvalue weighted by Gasteiger charge is -2.42. The third kappa shape index (κ3) is 3.58. The number of aryl methyl sites for hydroxylation is 1. The van der Waals surface area contributed by atoms with E-state index in [0.29, 0.717) is 16.6 Å². The molecule has 0 saturated heterocycles. The second kappa shape index (κ2) is 9.95. The molecule has 7 rings (SSSR count). The predicted octanol–water partition coefficient (Wildman–Crippen LogP) is 3.04. The van der Waals surface area contributed by atoms with Crippen molar-refractivity contribution in [1.29, 1.82) is 0 Å². The van der Waals surface area contributed by atoms with E-state index in [0.717, 1.165) is 4.57 Å². The third-order valence-corrected chi connectivity index (χ3v) is 9.91. The summed E-state index contributed by atoms with van der Waals surface area (Å²) in [5.74, 6) is -2.95. The maximum atomic E-state index is 15.1. The van der Waals surface area contributed by atoms with E-state index in [1.807, 2.05) is 12.1 Å². The first-order valence-electron chi connectivity index (χ1n) is 14.5. The highest BCUT2D eigenvalue weighted by atomic mass is 35.5. The molecule has 1 aliphatic carbocycles. The summed E-state index contributed by atoms with van der Waals surface area (Å²) in [5.41, 5.74) is -2.61. The zero-order valence-electron chi connectivity index (χ0n) is 25.8. The van der Waals surface area contributed by atoms with Gasteiger partial charge < -0.3 is 24.1 Å². The van der Waals surface area contributed by atoms with Crippen LogP contribution in [0.2, 0.25) is 5.02 Å². The number of carbonyl (C=O) groups excluding carboxylic acids is 2. The van der Waals surface area contributed by atoms with Gasteiger partial charge in [-0.1, -0.05) is 36.7 Å². The van der Waals surface area contributed by atoms with Gasteiger partial charge in [-0.25, -0.2) is 4.79 Å². The van der Waals surface area contributed by atoms with Crippen LogP contribution in [0.25, 0.3) is 10.9 Å². The lowest BCUT2D eigenvalue weighted by molar-refractivity contribution is -0.130. The molecule has 13 heteroatoms. The zero-order chi connectivity index (χ0) is 33.0. The Morgan fingerprint density at radius 2 is 1.61 bits per heavy atom. The largest absolute Gasteiger partial charge is 0.496 e. The standard InChI is InChI=1S/C33H29ClN4O8/c1-14-11-17-22(27(39)33(14)28(40)23-19(44-5)13-20(45-6)25(34)26(23)46-33)21(24-29(35-17)37(3)32(43)38(4)31(24)42)16-12-15-9-7-8-10-18(15)36(2)30(16)41/h7-10,12-14,21,35H,11H2,1-6H3.